The van der Waals surface area contributed by atoms with E-state index in [4.69, 9.17) is 0 Å². The molecule has 0 bridgehead atoms. The molecule has 1 unspecified atom stereocenters. The minimum atomic E-state index is -2.67. The Morgan fingerprint density at radius 2 is 1.84 bits per heavy atom. The van der Waals surface area contributed by atoms with Crippen molar-refractivity contribution in [3.8, 4) is 22.7 Å². The van der Waals surface area contributed by atoms with Crippen molar-refractivity contribution in [3.63, 3.8) is 0 Å². The molecule has 3 heterocycles. The van der Waals surface area contributed by atoms with Gasteiger partial charge in [-0.05, 0) is 80.6 Å². The first-order chi connectivity index (χ1) is 21.1. The van der Waals surface area contributed by atoms with E-state index in [2.05, 4.69) is 16.5 Å². The average molecular weight is 636 g/mol. The summed E-state index contributed by atoms with van der Waals surface area (Å²) >= 11 is 0. The molecule has 0 spiro atoms. The molecular formula is C33H36F2N5O4P. The summed E-state index contributed by atoms with van der Waals surface area (Å²) in [5, 5.41) is 11.4. The van der Waals surface area contributed by atoms with Gasteiger partial charge in [0.25, 0.3) is 0 Å². The van der Waals surface area contributed by atoms with Crippen molar-refractivity contribution >= 4 is 35.2 Å². The van der Waals surface area contributed by atoms with Crippen LogP contribution in [0.1, 0.15) is 37.8 Å². The number of fused-ring (bicyclic) bond motifs is 1. The van der Waals surface area contributed by atoms with Crippen molar-refractivity contribution < 1.29 is 23.2 Å². The van der Waals surface area contributed by atoms with Gasteiger partial charge in [0.2, 0.25) is 5.91 Å². The van der Waals surface area contributed by atoms with Gasteiger partial charge in [0.1, 0.15) is 30.2 Å². The van der Waals surface area contributed by atoms with E-state index in [1.54, 1.807) is 31.2 Å². The number of aromatic hydroxyl groups is 1. The highest BCUT2D eigenvalue weighted by Gasteiger charge is 2.31. The summed E-state index contributed by atoms with van der Waals surface area (Å²) in [6.07, 6.45) is 1.24. The fraction of sp³-hybridized carbons (Fsp3) is 0.333. The Morgan fingerprint density at radius 3 is 2.44 bits per heavy atom. The molecule has 1 aliphatic heterocycles. The number of pyridine rings is 1. The lowest BCUT2D eigenvalue weighted by Gasteiger charge is -2.40. The third-order valence-electron chi connectivity index (χ3n) is 8.20. The maximum atomic E-state index is 16.0. The van der Waals surface area contributed by atoms with Gasteiger partial charge in [-0.25, -0.2) is 23.1 Å². The first kappa shape index (κ1) is 32.0. The van der Waals surface area contributed by atoms with E-state index < -0.39 is 41.5 Å². The predicted molar refractivity (Wildman–Crippen MR) is 174 cm³/mol. The fourth-order valence-corrected chi connectivity index (χ4v) is 6.85. The number of hydrogen-bond donors (Lipinski definition) is 1. The van der Waals surface area contributed by atoms with Crippen molar-refractivity contribution in [2.24, 2.45) is 0 Å². The fourth-order valence-electron chi connectivity index (χ4n) is 5.89. The van der Waals surface area contributed by atoms with Crippen LogP contribution in [-0.2, 0) is 9.36 Å². The number of phenolic OH excluding ortho intramolecular Hbond substituents is 1. The van der Waals surface area contributed by atoms with Gasteiger partial charge in [0, 0.05) is 31.0 Å². The lowest BCUT2D eigenvalue weighted by atomic mass is 9.97. The monoisotopic (exact) mass is 635 g/mol. The summed E-state index contributed by atoms with van der Waals surface area (Å²) < 4.78 is 45.4. The van der Waals surface area contributed by atoms with E-state index in [0.29, 0.717) is 41.8 Å². The highest BCUT2D eigenvalue weighted by Crippen LogP contribution is 2.40. The van der Waals surface area contributed by atoms with Crippen molar-refractivity contribution in [1.29, 1.82) is 0 Å². The SMILES string of the molecule is C=CC(=O)N1CCN(c2nc(=O)n(-c3c(C)cc(P(C)(C)=O)cc3C(C)C)c3nc(-c4c(O)cccc4F)c(F)cc23)C(C)C1. The number of aromatic nitrogens is 3. The van der Waals surface area contributed by atoms with Crippen LogP contribution in [0.4, 0.5) is 14.6 Å². The molecule has 0 saturated carbocycles. The van der Waals surface area contributed by atoms with E-state index in [1.165, 1.54) is 22.8 Å². The smallest absolute Gasteiger partial charge is 0.355 e. The molecule has 2 aromatic carbocycles. The number of amides is 1. The highest BCUT2D eigenvalue weighted by atomic mass is 31.2. The third-order valence-corrected chi connectivity index (χ3v) is 9.70. The number of anilines is 1. The first-order valence-corrected chi connectivity index (χ1v) is 17.2. The first-order valence-electron chi connectivity index (χ1n) is 14.6. The van der Waals surface area contributed by atoms with Gasteiger partial charge in [0.05, 0.1) is 16.6 Å². The molecule has 4 aromatic rings. The average Bonchev–Trinajstić information content (AvgIpc) is 2.96. The van der Waals surface area contributed by atoms with E-state index in [1.807, 2.05) is 31.7 Å². The number of rotatable bonds is 6. The summed E-state index contributed by atoms with van der Waals surface area (Å²) in [5.41, 5.74) is 0.190. The van der Waals surface area contributed by atoms with Crippen LogP contribution in [0.2, 0.25) is 0 Å². The second-order valence-corrected chi connectivity index (χ2v) is 15.3. The third kappa shape index (κ3) is 5.77. The number of piperazine rings is 1. The van der Waals surface area contributed by atoms with Crippen LogP contribution in [0.5, 0.6) is 5.75 Å². The van der Waals surface area contributed by atoms with Gasteiger partial charge in [-0.1, -0.05) is 26.5 Å². The molecular weight excluding hydrogens is 599 g/mol. The molecule has 2 aromatic heterocycles. The Labute approximate surface area is 260 Å². The van der Waals surface area contributed by atoms with E-state index in [0.717, 1.165) is 12.1 Å². The largest absolute Gasteiger partial charge is 0.507 e. The second kappa shape index (κ2) is 11.9. The second-order valence-electron chi connectivity index (χ2n) is 12.1. The zero-order chi connectivity index (χ0) is 33.0. The zero-order valence-corrected chi connectivity index (χ0v) is 27.0. The van der Waals surface area contributed by atoms with Crippen LogP contribution >= 0.6 is 7.14 Å². The van der Waals surface area contributed by atoms with Crippen LogP contribution in [0.25, 0.3) is 28.0 Å². The van der Waals surface area contributed by atoms with Crippen LogP contribution in [0.15, 0.2) is 53.8 Å². The quantitative estimate of drug-likeness (QED) is 0.225. The van der Waals surface area contributed by atoms with Crippen LogP contribution in [0.3, 0.4) is 0 Å². The van der Waals surface area contributed by atoms with Gasteiger partial charge >= 0.3 is 5.69 Å². The zero-order valence-electron chi connectivity index (χ0n) is 26.1. The van der Waals surface area contributed by atoms with Crippen molar-refractivity contribution in [3.05, 3.63) is 82.3 Å². The molecule has 1 atom stereocenters. The predicted octanol–water partition coefficient (Wildman–Crippen LogP) is 5.33. The Hall–Kier alpha value is -4.37. The Bertz CT molecular complexity index is 1950. The maximum absolute atomic E-state index is 16.0. The molecule has 0 aliphatic carbocycles. The van der Waals surface area contributed by atoms with Crippen LogP contribution in [-0.4, -0.2) is 69.5 Å². The molecule has 1 saturated heterocycles. The summed E-state index contributed by atoms with van der Waals surface area (Å²) in [4.78, 5) is 38.9. The molecule has 236 valence electrons. The Kier molecular flexibility index (Phi) is 8.44. The van der Waals surface area contributed by atoms with Gasteiger partial charge in [0.15, 0.2) is 11.5 Å². The van der Waals surface area contributed by atoms with E-state index in [-0.39, 0.29) is 34.7 Å². The molecule has 1 amide bonds. The van der Waals surface area contributed by atoms with Gasteiger partial charge in [-0.3, -0.25) is 4.79 Å². The number of benzene rings is 2. The van der Waals surface area contributed by atoms with Crippen molar-refractivity contribution in [1.82, 2.24) is 19.4 Å². The topological polar surface area (TPSA) is 109 Å². The van der Waals surface area contributed by atoms with Gasteiger partial charge in [-0.15, -0.1) is 0 Å². The van der Waals surface area contributed by atoms with Gasteiger partial charge in [-0.2, -0.15) is 4.98 Å². The molecule has 1 N–H and O–H groups in total. The van der Waals surface area contributed by atoms with Crippen molar-refractivity contribution in [2.45, 2.75) is 39.7 Å². The molecule has 1 fully saturated rings. The van der Waals surface area contributed by atoms with E-state index in [9.17, 15) is 19.3 Å². The van der Waals surface area contributed by atoms with E-state index >= 15 is 8.78 Å². The minimum Gasteiger partial charge on any atom is -0.507 e. The number of hydrogen-bond acceptors (Lipinski definition) is 7. The number of phenols is 1. The number of aryl methyl sites for hydroxylation is 1. The lowest BCUT2D eigenvalue weighted by Crippen LogP contribution is -2.54. The molecule has 5 rings (SSSR count). The summed E-state index contributed by atoms with van der Waals surface area (Å²) in [6, 6.07) is 8.04. The Morgan fingerprint density at radius 1 is 1.13 bits per heavy atom. The van der Waals surface area contributed by atoms with Crippen molar-refractivity contribution in [2.75, 3.05) is 37.9 Å². The molecule has 45 heavy (non-hydrogen) atoms. The lowest BCUT2D eigenvalue weighted by molar-refractivity contribution is -0.126. The molecule has 12 heteroatoms. The van der Waals surface area contributed by atoms with Crippen LogP contribution in [0, 0.1) is 18.6 Å². The summed E-state index contributed by atoms with van der Waals surface area (Å²) in [5.74, 6) is -2.49. The number of carbonyl (C=O) groups is 1. The standard InChI is InChI=1S/C33H36F2N5O4P/c1-8-27(42)38-12-13-39(20(5)17-38)31-23-16-25(35)29(28-24(34)10-9-11-26(28)41)36-32(23)40(33(43)37-31)30-19(4)14-21(45(6,7)44)15-22(30)18(2)3/h8-11,14-16,18,20,41H,1,12-13,17H2,2-7H3. The number of carbonyl (C=O) groups excluding carboxylic acids is 1. The maximum Gasteiger partial charge on any atom is 0.355 e. The highest BCUT2D eigenvalue weighted by molar-refractivity contribution is 7.70. The molecule has 0 radical (unpaired) electrons. The molecule has 9 nitrogen and oxygen atoms in total. The normalized spacial score (nSPS) is 15.6. The minimum absolute atomic E-state index is 0.00906. The number of nitrogens with zero attached hydrogens (tertiary/aromatic N) is 5. The summed E-state index contributed by atoms with van der Waals surface area (Å²) in [6.45, 7) is 15.4. The number of halogens is 2. The Balaban J connectivity index is 1.86. The van der Waals surface area contributed by atoms with Gasteiger partial charge < -0.3 is 19.5 Å². The molecule has 1 aliphatic rings. The van der Waals surface area contributed by atoms with Crippen LogP contribution < -0.4 is 15.9 Å². The summed E-state index contributed by atoms with van der Waals surface area (Å²) in [7, 11) is -2.67.